The first-order valence-electron chi connectivity index (χ1n) is 24.1. The molecular weight excluding hydrogens is 849 g/mol. The lowest BCUT2D eigenvalue weighted by Gasteiger charge is -2.47. The van der Waals surface area contributed by atoms with Crippen molar-refractivity contribution in [3.8, 4) is 28.0 Å². The lowest BCUT2D eigenvalue weighted by Crippen LogP contribution is -2.37. The third kappa shape index (κ3) is 6.28. The molecule has 12 aromatic rings. The Balaban J connectivity index is 1.14. The number of aromatic hydroxyl groups is 1. The van der Waals surface area contributed by atoms with E-state index >= 15 is 0 Å². The maximum Gasteiger partial charge on any atom is 0.147 e. The topological polar surface area (TPSA) is 26.7 Å². The molecule has 0 aromatic heterocycles. The first-order chi connectivity index (χ1) is 34.5. The molecule has 0 radical (unpaired) electrons. The summed E-state index contributed by atoms with van der Waals surface area (Å²) in [7, 11) is 0. The molecule has 3 nitrogen and oxygen atoms in total. The molecule has 13 rings (SSSR count). The second-order valence-corrected chi connectivity index (χ2v) is 18.7. The molecule has 332 valence electrons. The van der Waals surface area contributed by atoms with Gasteiger partial charge < -0.3 is 14.9 Å². The highest BCUT2D eigenvalue weighted by Crippen LogP contribution is 2.61. The summed E-state index contributed by atoms with van der Waals surface area (Å²) in [4.78, 5) is 4.78. The molecule has 0 spiro atoms. The van der Waals surface area contributed by atoms with Crippen molar-refractivity contribution in [1.82, 2.24) is 0 Å². The molecule has 0 bridgehead atoms. The van der Waals surface area contributed by atoms with Gasteiger partial charge in [0, 0.05) is 27.7 Å². The Morgan fingerprint density at radius 1 is 0.429 bits per heavy atom. The van der Waals surface area contributed by atoms with E-state index in [4.69, 9.17) is 0 Å². The number of rotatable bonds is 8. The van der Waals surface area contributed by atoms with Gasteiger partial charge in [-0.3, -0.25) is 0 Å². The number of fused-ring (bicyclic) bond motifs is 3. The minimum atomic E-state index is -0.645. The molecule has 1 aliphatic rings. The maximum absolute atomic E-state index is 12.7. The van der Waals surface area contributed by atoms with Crippen molar-refractivity contribution < 1.29 is 5.11 Å². The Morgan fingerprint density at radius 3 is 1.77 bits per heavy atom. The van der Waals surface area contributed by atoms with Gasteiger partial charge in [-0.2, -0.15) is 0 Å². The van der Waals surface area contributed by atoms with E-state index in [0.717, 1.165) is 72.6 Å². The highest BCUT2D eigenvalue weighted by Gasteiger charge is 2.47. The van der Waals surface area contributed by atoms with Gasteiger partial charge in [0.1, 0.15) is 5.75 Å². The molecule has 0 atom stereocenters. The molecule has 0 unspecified atom stereocenters. The first-order valence-corrected chi connectivity index (χ1v) is 24.1. The highest BCUT2D eigenvalue weighted by molar-refractivity contribution is 6.29. The van der Waals surface area contributed by atoms with E-state index in [2.05, 4.69) is 254 Å². The van der Waals surface area contributed by atoms with Crippen LogP contribution in [0.15, 0.2) is 249 Å². The largest absolute Gasteiger partial charge is 0.505 e. The average molecular weight is 897 g/mol. The second-order valence-electron chi connectivity index (χ2n) is 18.7. The number of anilines is 6. The zero-order chi connectivity index (χ0) is 46.9. The molecule has 1 N–H and O–H groups in total. The summed E-state index contributed by atoms with van der Waals surface area (Å²) in [5.41, 5.74) is 16.6. The molecular formula is C67H48N2O. The van der Waals surface area contributed by atoms with Crippen LogP contribution in [-0.2, 0) is 5.41 Å². The molecule has 1 aliphatic heterocycles. The number of benzene rings is 12. The van der Waals surface area contributed by atoms with E-state index in [1.165, 1.54) is 43.8 Å². The van der Waals surface area contributed by atoms with E-state index in [-0.39, 0.29) is 5.75 Å². The summed E-state index contributed by atoms with van der Waals surface area (Å²) in [6, 6.07) is 90.0. The third-order valence-corrected chi connectivity index (χ3v) is 14.7. The second kappa shape index (κ2) is 16.4. The van der Waals surface area contributed by atoms with Crippen LogP contribution in [0, 0.1) is 13.8 Å². The van der Waals surface area contributed by atoms with Gasteiger partial charge >= 0.3 is 0 Å². The maximum atomic E-state index is 12.7. The first kappa shape index (κ1) is 41.3. The fourth-order valence-electron chi connectivity index (χ4n) is 11.7. The monoisotopic (exact) mass is 896 g/mol. The van der Waals surface area contributed by atoms with Gasteiger partial charge in [-0.15, -0.1) is 0 Å². The average Bonchev–Trinajstić information content (AvgIpc) is 3.41. The Kier molecular flexibility index (Phi) is 9.67. The predicted octanol–water partition coefficient (Wildman–Crippen LogP) is 17.9. The summed E-state index contributed by atoms with van der Waals surface area (Å²) in [5, 5.41) is 19.7. The van der Waals surface area contributed by atoms with Crippen LogP contribution in [-0.4, -0.2) is 5.11 Å². The minimum absolute atomic E-state index is 0.231. The van der Waals surface area contributed by atoms with E-state index in [9.17, 15) is 5.11 Å². The Bertz CT molecular complexity index is 3880. The lowest BCUT2D eigenvalue weighted by molar-refractivity contribution is 0.478. The molecule has 1 heterocycles. The number of aryl methyl sites for hydroxylation is 2. The molecule has 0 fully saturated rings. The minimum Gasteiger partial charge on any atom is -0.505 e. The molecule has 0 amide bonds. The van der Waals surface area contributed by atoms with Gasteiger partial charge in [0.2, 0.25) is 0 Å². The number of phenolic OH excluding ortho intramolecular Hbond substituents is 1. The van der Waals surface area contributed by atoms with Crippen LogP contribution in [0.4, 0.5) is 34.1 Å². The van der Waals surface area contributed by atoms with Crippen molar-refractivity contribution in [3.63, 3.8) is 0 Å². The Labute approximate surface area is 408 Å². The number of hydrogen-bond donors (Lipinski definition) is 1. The number of para-hydroxylation sites is 3. The van der Waals surface area contributed by atoms with Crippen LogP contribution in [0.3, 0.4) is 0 Å². The SMILES string of the molecule is Cc1cc(-c2ccccc2)cc(N(c2cccc(-c3ccccc3C)c2O)c2ccc3ccc4c5c(cc6ccc2c3c64)C(c2ccccc2)(c2ccccc2)c2ccccc2N5c2ccccc2)c1. The van der Waals surface area contributed by atoms with Crippen LogP contribution >= 0.6 is 0 Å². The molecule has 70 heavy (non-hydrogen) atoms. The van der Waals surface area contributed by atoms with Gasteiger partial charge in [-0.25, -0.2) is 0 Å². The van der Waals surface area contributed by atoms with Crippen molar-refractivity contribution in [2.45, 2.75) is 19.3 Å². The lowest BCUT2D eigenvalue weighted by atomic mass is 9.61. The fraction of sp³-hybridized carbons (Fsp3) is 0.0448. The van der Waals surface area contributed by atoms with Gasteiger partial charge in [0.25, 0.3) is 0 Å². The highest BCUT2D eigenvalue weighted by atomic mass is 16.3. The predicted molar refractivity (Wildman–Crippen MR) is 293 cm³/mol. The summed E-state index contributed by atoms with van der Waals surface area (Å²) in [5.74, 6) is 0.231. The standard InChI is InChI=1S/C67H48N2O/c1-44-40-49(46-21-7-3-8-22-46)42-53(41-44)68(62-33-19-30-55(66(62)70)54-29-16-15-20-45(54)2)60-39-36-47-34-38-57-64-48(35-37-56(60)63(47)64)43-59-65(57)69(52-27-13-6-14-28-52)61-32-18-17-31-58(61)67(59,50-23-9-4-10-24-50)51-25-11-5-12-26-51/h3-43,70H,1-2H3. The summed E-state index contributed by atoms with van der Waals surface area (Å²) < 4.78 is 0. The molecule has 0 aliphatic carbocycles. The van der Waals surface area contributed by atoms with Gasteiger partial charge in [0.05, 0.1) is 28.2 Å². The van der Waals surface area contributed by atoms with Crippen molar-refractivity contribution in [1.29, 1.82) is 0 Å². The Morgan fingerprint density at radius 2 is 1.03 bits per heavy atom. The van der Waals surface area contributed by atoms with E-state index in [1.54, 1.807) is 0 Å². The summed E-state index contributed by atoms with van der Waals surface area (Å²) in [6.45, 7) is 4.26. The summed E-state index contributed by atoms with van der Waals surface area (Å²) in [6.07, 6.45) is 0. The van der Waals surface area contributed by atoms with Gasteiger partial charge in [-0.05, 0) is 134 Å². The molecule has 0 saturated heterocycles. The van der Waals surface area contributed by atoms with E-state index < -0.39 is 5.41 Å². The zero-order valence-corrected chi connectivity index (χ0v) is 39.0. The molecule has 12 aromatic carbocycles. The van der Waals surface area contributed by atoms with Gasteiger partial charge in [-0.1, -0.05) is 200 Å². The van der Waals surface area contributed by atoms with Crippen LogP contribution < -0.4 is 9.80 Å². The van der Waals surface area contributed by atoms with Crippen LogP contribution in [0.1, 0.15) is 33.4 Å². The fourth-order valence-corrected chi connectivity index (χ4v) is 11.7. The number of phenols is 1. The van der Waals surface area contributed by atoms with Crippen LogP contribution in [0.2, 0.25) is 0 Å². The van der Waals surface area contributed by atoms with E-state index in [1.807, 2.05) is 18.2 Å². The quantitative estimate of drug-likeness (QED) is 0.154. The van der Waals surface area contributed by atoms with Gasteiger partial charge in [0.15, 0.2) is 0 Å². The van der Waals surface area contributed by atoms with Crippen LogP contribution in [0.25, 0.3) is 54.6 Å². The van der Waals surface area contributed by atoms with Crippen LogP contribution in [0.5, 0.6) is 5.75 Å². The third-order valence-electron chi connectivity index (χ3n) is 14.7. The molecule has 0 saturated carbocycles. The smallest absolute Gasteiger partial charge is 0.147 e. The number of hydrogen-bond acceptors (Lipinski definition) is 3. The van der Waals surface area contributed by atoms with E-state index in [0.29, 0.717) is 5.69 Å². The van der Waals surface area contributed by atoms with Crippen molar-refractivity contribution in [2.24, 2.45) is 0 Å². The van der Waals surface area contributed by atoms with Crippen molar-refractivity contribution in [3.05, 3.63) is 282 Å². The normalized spacial score (nSPS) is 12.9. The number of nitrogens with zero attached hydrogens (tertiary/aromatic N) is 2. The zero-order valence-electron chi connectivity index (χ0n) is 39.0. The van der Waals surface area contributed by atoms with Crippen molar-refractivity contribution in [2.75, 3.05) is 9.80 Å². The summed E-state index contributed by atoms with van der Waals surface area (Å²) >= 11 is 0. The van der Waals surface area contributed by atoms with Crippen molar-refractivity contribution >= 4 is 66.4 Å². The Hall–Kier alpha value is -8.92. The molecule has 3 heteroatoms.